The topological polar surface area (TPSA) is 53.9 Å². The number of fused-ring (bicyclic) bond motifs is 2. The lowest BCUT2D eigenvalue weighted by Crippen LogP contribution is -2.63. The highest BCUT2D eigenvalue weighted by atomic mass is 19.3. The summed E-state index contributed by atoms with van der Waals surface area (Å²) in [6.45, 7) is 0. The summed E-state index contributed by atoms with van der Waals surface area (Å²) in [5, 5.41) is 10.8. The third-order valence-corrected chi connectivity index (χ3v) is 4.67. The minimum atomic E-state index is -2.73. The molecule has 1 aromatic heterocycles. The van der Waals surface area contributed by atoms with Crippen LogP contribution in [0.15, 0.2) is 12.5 Å². The second kappa shape index (κ2) is 4.31. The van der Waals surface area contributed by atoms with Gasteiger partial charge in [-0.3, -0.25) is 0 Å². The van der Waals surface area contributed by atoms with E-state index in [1.165, 1.54) is 6.33 Å². The minimum Gasteiger partial charge on any atom is -0.342 e. The normalized spacial score (nSPS) is 35.0. The van der Waals surface area contributed by atoms with Gasteiger partial charge in [0.1, 0.15) is 6.33 Å². The van der Waals surface area contributed by atoms with Gasteiger partial charge in [-0.25, -0.2) is 13.8 Å². The quantitative estimate of drug-likeness (QED) is 0.907. The minimum absolute atomic E-state index is 0.168. The molecule has 0 amide bonds. The van der Waals surface area contributed by atoms with Gasteiger partial charge in [0.05, 0.1) is 18.3 Å². The molecule has 0 radical (unpaired) electrons. The van der Waals surface area contributed by atoms with E-state index < -0.39 is 18.0 Å². The van der Waals surface area contributed by atoms with Crippen LogP contribution in [0.2, 0.25) is 0 Å². The zero-order valence-corrected chi connectivity index (χ0v) is 11.0. The summed E-state index contributed by atoms with van der Waals surface area (Å²) in [7, 11) is 0. The van der Waals surface area contributed by atoms with E-state index in [-0.39, 0.29) is 12.1 Å². The number of aromatic nitrogens is 3. The lowest BCUT2D eigenvalue weighted by Gasteiger charge is -2.43. The van der Waals surface area contributed by atoms with E-state index in [1.54, 1.807) is 11.1 Å². The first-order valence-corrected chi connectivity index (χ1v) is 7.21. The second-order valence-corrected chi connectivity index (χ2v) is 6.03. The fraction of sp³-hybridized carbons (Fsp3) is 0.769. The first-order chi connectivity index (χ1) is 9.66. The molecule has 20 heavy (non-hydrogen) atoms. The molecule has 1 N–H and O–H groups in total. The number of hydrogen-bond donors (Lipinski definition) is 1. The number of alkyl halides is 2. The Kier molecular flexibility index (Phi) is 2.67. The maximum absolute atomic E-state index is 14.7. The van der Waals surface area contributed by atoms with Crippen molar-refractivity contribution in [2.45, 2.75) is 62.2 Å². The number of halogens is 2. The van der Waals surface area contributed by atoms with Crippen LogP contribution in [-0.2, 0) is 0 Å². The Morgan fingerprint density at radius 3 is 2.80 bits per heavy atom. The molecule has 0 unspecified atom stereocenters. The molecular formula is C13H17F2N5. The van der Waals surface area contributed by atoms with E-state index in [1.807, 2.05) is 0 Å². The third kappa shape index (κ3) is 1.87. The number of piperidine rings is 1. The molecule has 2 saturated heterocycles. The predicted octanol–water partition coefficient (Wildman–Crippen LogP) is 1.37. The molecule has 108 valence electrons. The highest BCUT2D eigenvalue weighted by Crippen LogP contribution is 2.45. The number of hydrogen-bond acceptors (Lipinski definition) is 5. The average Bonchev–Trinajstić information content (AvgIpc) is 3.17. The van der Waals surface area contributed by atoms with Gasteiger partial charge in [0.15, 0.2) is 5.82 Å². The molecule has 3 atom stereocenters. The lowest BCUT2D eigenvalue weighted by molar-refractivity contribution is -0.0743. The summed E-state index contributed by atoms with van der Waals surface area (Å²) in [6, 6.07) is -1.11. The molecule has 3 heterocycles. The molecular weight excluding hydrogens is 264 g/mol. The van der Waals surface area contributed by atoms with Crippen LogP contribution in [0.4, 0.5) is 14.6 Å². The first kappa shape index (κ1) is 12.4. The molecule has 3 fully saturated rings. The zero-order chi connectivity index (χ0) is 13.7. The maximum atomic E-state index is 14.7. The lowest BCUT2D eigenvalue weighted by atomic mass is 9.93. The van der Waals surface area contributed by atoms with Gasteiger partial charge in [-0.1, -0.05) is 0 Å². The van der Waals surface area contributed by atoms with Gasteiger partial charge in [0.25, 0.3) is 5.92 Å². The number of nitrogens with one attached hydrogen (secondary N) is 1. The molecule has 3 aliphatic rings. The Hall–Kier alpha value is -1.37. The van der Waals surface area contributed by atoms with Crippen molar-refractivity contribution in [1.82, 2.24) is 20.5 Å². The summed E-state index contributed by atoms with van der Waals surface area (Å²) in [5.41, 5.74) is 0. The Balaban J connectivity index is 1.69. The van der Waals surface area contributed by atoms with E-state index in [2.05, 4.69) is 20.5 Å². The second-order valence-electron chi connectivity index (χ2n) is 6.03. The smallest absolute Gasteiger partial charge is 0.283 e. The van der Waals surface area contributed by atoms with Gasteiger partial charge in [-0.05, 0) is 32.1 Å². The number of nitrogens with zero attached hydrogens (tertiary/aromatic N) is 4. The predicted molar refractivity (Wildman–Crippen MR) is 68.6 cm³/mol. The molecule has 2 bridgehead atoms. The molecule has 0 aromatic carbocycles. The fourth-order valence-corrected chi connectivity index (χ4v) is 3.58. The van der Waals surface area contributed by atoms with E-state index in [9.17, 15) is 8.78 Å². The van der Waals surface area contributed by atoms with Crippen LogP contribution in [0.25, 0.3) is 0 Å². The highest BCUT2D eigenvalue weighted by Gasteiger charge is 2.58. The van der Waals surface area contributed by atoms with Crippen LogP contribution in [0, 0.1) is 0 Å². The molecule has 2 aliphatic heterocycles. The van der Waals surface area contributed by atoms with Crippen LogP contribution in [0.3, 0.4) is 0 Å². The summed E-state index contributed by atoms with van der Waals surface area (Å²) in [5.74, 6) is -2.24. The molecule has 1 aliphatic carbocycles. The molecule has 4 rings (SSSR count). The Labute approximate surface area is 115 Å². The van der Waals surface area contributed by atoms with E-state index in [0.29, 0.717) is 18.7 Å². The number of anilines is 1. The van der Waals surface area contributed by atoms with Crippen LogP contribution in [0.5, 0.6) is 0 Å². The average molecular weight is 281 g/mol. The van der Waals surface area contributed by atoms with Gasteiger partial charge in [0, 0.05) is 12.1 Å². The van der Waals surface area contributed by atoms with Crippen molar-refractivity contribution in [3.05, 3.63) is 12.5 Å². The highest BCUT2D eigenvalue weighted by molar-refractivity contribution is 5.42. The van der Waals surface area contributed by atoms with Crippen molar-refractivity contribution in [2.24, 2.45) is 0 Å². The van der Waals surface area contributed by atoms with Crippen molar-refractivity contribution < 1.29 is 8.78 Å². The molecule has 7 heteroatoms. The summed E-state index contributed by atoms with van der Waals surface area (Å²) < 4.78 is 29.4. The fourth-order valence-electron chi connectivity index (χ4n) is 3.58. The Bertz CT molecular complexity index is 493. The van der Waals surface area contributed by atoms with Crippen molar-refractivity contribution in [1.29, 1.82) is 0 Å². The van der Waals surface area contributed by atoms with Crippen molar-refractivity contribution in [2.75, 3.05) is 4.90 Å². The maximum Gasteiger partial charge on any atom is 0.283 e. The van der Waals surface area contributed by atoms with Crippen molar-refractivity contribution in [3.8, 4) is 0 Å². The van der Waals surface area contributed by atoms with Crippen LogP contribution in [0.1, 0.15) is 32.1 Å². The first-order valence-electron chi connectivity index (χ1n) is 7.21. The van der Waals surface area contributed by atoms with E-state index in [4.69, 9.17) is 0 Å². The van der Waals surface area contributed by atoms with Crippen molar-refractivity contribution in [3.63, 3.8) is 0 Å². The molecule has 5 nitrogen and oxygen atoms in total. The van der Waals surface area contributed by atoms with Gasteiger partial charge < -0.3 is 10.2 Å². The monoisotopic (exact) mass is 281 g/mol. The third-order valence-electron chi connectivity index (χ3n) is 4.67. The molecule has 0 spiro atoms. The van der Waals surface area contributed by atoms with Gasteiger partial charge in [-0.15, -0.1) is 10.2 Å². The summed E-state index contributed by atoms with van der Waals surface area (Å²) in [4.78, 5) is 5.72. The van der Waals surface area contributed by atoms with Crippen molar-refractivity contribution >= 4 is 5.82 Å². The molecule has 1 saturated carbocycles. The number of rotatable bonds is 3. The Morgan fingerprint density at radius 2 is 2.10 bits per heavy atom. The van der Waals surface area contributed by atoms with Crippen LogP contribution >= 0.6 is 0 Å². The molecule has 1 aromatic rings. The Morgan fingerprint density at radius 1 is 1.25 bits per heavy atom. The van der Waals surface area contributed by atoms with Gasteiger partial charge >= 0.3 is 0 Å². The van der Waals surface area contributed by atoms with E-state index >= 15 is 0 Å². The van der Waals surface area contributed by atoms with E-state index in [0.717, 1.165) is 19.3 Å². The van der Waals surface area contributed by atoms with Crippen LogP contribution < -0.4 is 10.2 Å². The summed E-state index contributed by atoms with van der Waals surface area (Å²) in [6.07, 6.45) is 6.65. The SMILES string of the molecule is FC1(F)[C@@H]2CC[C@H](C[C@H]1N(c1cncnn1)C1CC1)N2. The zero-order valence-electron chi connectivity index (χ0n) is 11.0. The standard InChI is InChI=1S/C13H17F2N5/c14-13(15)10-4-1-8(18-10)5-11(13)20(9-2-3-9)12-6-16-7-17-19-12/h6-11,18H,1-5H2/t8-,10+,11-/m1/s1. The van der Waals surface area contributed by atoms with Crippen LogP contribution in [-0.4, -0.2) is 45.3 Å². The van der Waals surface area contributed by atoms with Gasteiger partial charge in [-0.2, -0.15) is 0 Å². The van der Waals surface area contributed by atoms with Gasteiger partial charge in [0.2, 0.25) is 0 Å². The largest absolute Gasteiger partial charge is 0.342 e. The summed E-state index contributed by atoms with van der Waals surface area (Å²) >= 11 is 0.